The molecule has 5 nitrogen and oxygen atoms in total. The highest BCUT2D eigenvalue weighted by molar-refractivity contribution is 5.92. The number of nitrogens with two attached hydrogens (primary N) is 1. The molecule has 0 radical (unpaired) electrons. The maximum absolute atomic E-state index is 6.03. The molecule has 0 saturated carbocycles. The lowest BCUT2D eigenvalue weighted by molar-refractivity contribution is 0.195. The number of rotatable bonds is 5. The number of fused-ring (bicyclic) bond motifs is 1. The number of hydrogen-bond donors (Lipinski definition) is 2. The fraction of sp³-hybridized carbons (Fsp3) is 0.350. The van der Waals surface area contributed by atoms with Gasteiger partial charge in [-0.2, -0.15) is 0 Å². The number of anilines is 1. The van der Waals surface area contributed by atoms with Gasteiger partial charge in [-0.25, -0.2) is 0 Å². The first-order valence-electron chi connectivity index (χ1n) is 8.67. The van der Waals surface area contributed by atoms with Crippen molar-refractivity contribution in [2.24, 2.45) is 10.7 Å². The van der Waals surface area contributed by atoms with Gasteiger partial charge in [-0.05, 0) is 36.6 Å². The van der Waals surface area contributed by atoms with E-state index in [4.69, 9.17) is 10.5 Å². The Kier molecular flexibility index (Phi) is 5.56. The molecule has 3 N–H and O–H groups in total. The van der Waals surface area contributed by atoms with Gasteiger partial charge in [0.05, 0.1) is 13.7 Å². The van der Waals surface area contributed by atoms with Crippen molar-refractivity contribution in [2.45, 2.75) is 25.9 Å². The van der Waals surface area contributed by atoms with Gasteiger partial charge in [0, 0.05) is 30.9 Å². The molecule has 1 unspecified atom stereocenters. The number of aliphatic imine (C=N–C) groups is 1. The molecule has 1 aliphatic rings. The summed E-state index contributed by atoms with van der Waals surface area (Å²) < 4.78 is 5.22. The number of benzene rings is 2. The third-order valence-corrected chi connectivity index (χ3v) is 4.65. The van der Waals surface area contributed by atoms with Crippen molar-refractivity contribution in [2.75, 3.05) is 25.5 Å². The molecule has 0 aromatic heterocycles. The number of nitrogens with zero attached hydrogens (tertiary/aromatic N) is 2. The first-order chi connectivity index (χ1) is 12.2. The van der Waals surface area contributed by atoms with Crippen LogP contribution in [0.2, 0.25) is 0 Å². The average molecular weight is 338 g/mol. The highest BCUT2D eigenvalue weighted by Gasteiger charge is 2.20. The Balaban J connectivity index is 1.56. The van der Waals surface area contributed by atoms with E-state index in [1.54, 1.807) is 7.11 Å². The minimum atomic E-state index is 0.346. The van der Waals surface area contributed by atoms with Crippen LogP contribution in [0.5, 0.6) is 5.75 Å². The lowest BCUT2D eigenvalue weighted by atomic mass is 9.99. The van der Waals surface area contributed by atoms with E-state index in [0.717, 1.165) is 30.9 Å². The zero-order chi connectivity index (χ0) is 17.6. The minimum Gasteiger partial charge on any atom is -0.497 e. The fourth-order valence-electron chi connectivity index (χ4n) is 3.13. The van der Waals surface area contributed by atoms with Crippen molar-refractivity contribution in [3.05, 3.63) is 59.7 Å². The lowest BCUT2D eigenvalue weighted by Gasteiger charge is -2.33. The molecule has 0 fully saturated rings. The first-order valence-corrected chi connectivity index (χ1v) is 8.67. The summed E-state index contributed by atoms with van der Waals surface area (Å²) in [4.78, 5) is 6.97. The van der Waals surface area contributed by atoms with Crippen LogP contribution in [0.1, 0.15) is 18.1 Å². The summed E-state index contributed by atoms with van der Waals surface area (Å²) in [6, 6.07) is 16.7. The zero-order valence-electron chi connectivity index (χ0n) is 14.9. The van der Waals surface area contributed by atoms with Crippen LogP contribution in [-0.2, 0) is 13.0 Å². The molecule has 3 rings (SSSR count). The van der Waals surface area contributed by atoms with Gasteiger partial charge < -0.3 is 15.8 Å². The van der Waals surface area contributed by atoms with Crippen LogP contribution in [0.4, 0.5) is 5.69 Å². The fourth-order valence-corrected chi connectivity index (χ4v) is 3.13. The molecular weight excluding hydrogens is 312 g/mol. The number of nitrogens with one attached hydrogen (secondary N) is 1. The minimum absolute atomic E-state index is 0.346. The molecule has 0 bridgehead atoms. The van der Waals surface area contributed by atoms with E-state index in [0.29, 0.717) is 18.5 Å². The van der Waals surface area contributed by atoms with Gasteiger partial charge in [0.15, 0.2) is 5.96 Å². The maximum Gasteiger partial charge on any atom is 0.193 e. The van der Waals surface area contributed by atoms with Crippen LogP contribution in [0.15, 0.2) is 53.5 Å². The largest absolute Gasteiger partial charge is 0.497 e. The van der Waals surface area contributed by atoms with Crippen molar-refractivity contribution in [3.8, 4) is 5.75 Å². The van der Waals surface area contributed by atoms with E-state index in [-0.39, 0.29) is 0 Å². The molecule has 2 aromatic rings. The van der Waals surface area contributed by atoms with Crippen LogP contribution in [0, 0.1) is 0 Å². The molecule has 0 aliphatic carbocycles. The van der Waals surface area contributed by atoms with Gasteiger partial charge in [-0.15, -0.1) is 0 Å². The second-order valence-electron chi connectivity index (χ2n) is 6.42. The molecule has 1 aliphatic heterocycles. The Morgan fingerprint density at radius 1 is 1.24 bits per heavy atom. The number of hydrogen-bond acceptors (Lipinski definition) is 3. The van der Waals surface area contributed by atoms with Crippen molar-refractivity contribution in [3.63, 3.8) is 0 Å². The Hall–Kier alpha value is -2.53. The second kappa shape index (κ2) is 8.03. The predicted octanol–water partition coefficient (Wildman–Crippen LogP) is 2.87. The summed E-state index contributed by atoms with van der Waals surface area (Å²) >= 11 is 0. The van der Waals surface area contributed by atoms with Crippen molar-refractivity contribution in [1.82, 2.24) is 4.90 Å². The highest BCUT2D eigenvalue weighted by atomic mass is 16.5. The summed E-state index contributed by atoms with van der Waals surface area (Å²) in [6.45, 7) is 4.92. The smallest absolute Gasteiger partial charge is 0.193 e. The lowest BCUT2D eigenvalue weighted by Crippen LogP contribution is -2.39. The quantitative estimate of drug-likeness (QED) is 0.650. The Bertz CT molecular complexity index is 744. The summed E-state index contributed by atoms with van der Waals surface area (Å²) in [6.07, 6.45) is 1.10. The van der Waals surface area contributed by atoms with E-state index in [1.165, 1.54) is 11.1 Å². The molecule has 1 heterocycles. The van der Waals surface area contributed by atoms with E-state index >= 15 is 0 Å². The maximum atomic E-state index is 6.03. The molecule has 0 spiro atoms. The standard InChI is InChI=1S/C20H26N4O/c1-15(24-11-10-16-6-3-4-7-17(16)14-24)13-22-20(21)23-18-8-5-9-19(12-18)25-2/h3-9,12,15H,10-11,13-14H2,1-2H3,(H3,21,22,23). The van der Waals surface area contributed by atoms with Gasteiger partial charge in [0.25, 0.3) is 0 Å². The number of ether oxygens (including phenoxy) is 1. The van der Waals surface area contributed by atoms with Gasteiger partial charge >= 0.3 is 0 Å². The average Bonchev–Trinajstić information content (AvgIpc) is 2.65. The first kappa shape index (κ1) is 17.3. The van der Waals surface area contributed by atoms with E-state index in [2.05, 4.69) is 46.4 Å². The molecular formula is C20H26N4O. The molecule has 1 atom stereocenters. The zero-order valence-corrected chi connectivity index (χ0v) is 14.9. The van der Waals surface area contributed by atoms with Crippen LogP contribution in [0.3, 0.4) is 0 Å². The molecule has 2 aromatic carbocycles. The van der Waals surface area contributed by atoms with Crippen LogP contribution in [-0.4, -0.2) is 37.1 Å². The number of guanidine groups is 1. The highest BCUT2D eigenvalue weighted by Crippen LogP contribution is 2.20. The molecule has 0 amide bonds. The molecule has 25 heavy (non-hydrogen) atoms. The molecule has 5 heteroatoms. The summed E-state index contributed by atoms with van der Waals surface area (Å²) in [5.41, 5.74) is 9.80. The van der Waals surface area contributed by atoms with Gasteiger partial charge in [0.1, 0.15) is 5.75 Å². The van der Waals surface area contributed by atoms with Crippen LogP contribution in [0.25, 0.3) is 0 Å². The summed E-state index contributed by atoms with van der Waals surface area (Å²) in [5, 5.41) is 3.12. The Morgan fingerprint density at radius 3 is 2.84 bits per heavy atom. The molecule has 132 valence electrons. The van der Waals surface area contributed by atoms with Gasteiger partial charge in [-0.3, -0.25) is 9.89 Å². The van der Waals surface area contributed by atoms with Crippen molar-refractivity contribution in [1.29, 1.82) is 0 Å². The van der Waals surface area contributed by atoms with Crippen LogP contribution < -0.4 is 15.8 Å². The van der Waals surface area contributed by atoms with Gasteiger partial charge in [0.2, 0.25) is 0 Å². The van der Waals surface area contributed by atoms with E-state index in [9.17, 15) is 0 Å². The van der Waals surface area contributed by atoms with Crippen molar-refractivity contribution >= 4 is 11.6 Å². The van der Waals surface area contributed by atoms with Gasteiger partial charge in [-0.1, -0.05) is 30.3 Å². The van der Waals surface area contributed by atoms with Crippen LogP contribution >= 0.6 is 0 Å². The summed E-state index contributed by atoms with van der Waals surface area (Å²) in [5.74, 6) is 1.22. The van der Waals surface area contributed by atoms with Crippen molar-refractivity contribution < 1.29 is 4.74 Å². The second-order valence-corrected chi connectivity index (χ2v) is 6.42. The number of methoxy groups -OCH3 is 1. The monoisotopic (exact) mass is 338 g/mol. The summed E-state index contributed by atoms with van der Waals surface area (Å²) in [7, 11) is 1.65. The van der Waals surface area contributed by atoms with E-state index in [1.807, 2.05) is 24.3 Å². The molecule has 0 saturated heterocycles. The topological polar surface area (TPSA) is 62.9 Å². The SMILES string of the molecule is COc1cccc(NC(N)=NCC(C)N2CCc3ccccc3C2)c1. The van der Waals surface area contributed by atoms with E-state index < -0.39 is 0 Å². The third kappa shape index (κ3) is 4.51. The Labute approximate surface area is 149 Å². The predicted molar refractivity (Wildman–Crippen MR) is 103 cm³/mol. The Morgan fingerprint density at radius 2 is 2.04 bits per heavy atom. The third-order valence-electron chi connectivity index (χ3n) is 4.65. The normalized spacial score (nSPS) is 16.2.